The summed E-state index contributed by atoms with van der Waals surface area (Å²) in [7, 11) is 0. The predicted molar refractivity (Wildman–Crippen MR) is 69.0 cm³/mol. The summed E-state index contributed by atoms with van der Waals surface area (Å²) in [4.78, 5) is 16.3. The molecule has 0 saturated carbocycles. The molecule has 0 spiro atoms. The molecule has 1 saturated heterocycles. The minimum atomic E-state index is -0.126. The van der Waals surface area contributed by atoms with Gasteiger partial charge in [-0.1, -0.05) is 5.11 Å². The summed E-state index contributed by atoms with van der Waals surface area (Å²) >= 11 is 0. The Labute approximate surface area is 108 Å². The summed E-state index contributed by atoms with van der Waals surface area (Å²) in [6.45, 7) is 8.55. The van der Waals surface area contributed by atoms with Crippen molar-refractivity contribution >= 4 is 5.91 Å². The lowest BCUT2D eigenvalue weighted by atomic mass is 10.1. The number of carbonyl (C=O) groups excluding carboxylic acids is 1. The maximum atomic E-state index is 11.7. The zero-order valence-corrected chi connectivity index (χ0v) is 11.4. The van der Waals surface area contributed by atoms with E-state index >= 15 is 0 Å². The highest BCUT2D eigenvalue weighted by molar-refractivity contribution is 5.78. The molecular weight excluding hydrogens is 232 g/mol. The number of rotatable bonds is 6. The predicted octanol–water partition coefficient (Wildman–Crippen LogP) is 2.35. The Morgan fingerprint density at radius 2 is 2.28 bits per heavy atom. The topological polar surface area (TPSA) is 78.3 Å². The SMILES string of the molecule is CC(C)(C)OCCCN1CC(CN=[N+]=[N-])CC1=O. The zero-order chi connectivity index (χ0) is 13.6. The first kappa shape index (κ1) is 14.8. The van der Waals surface area contributed by atoms with Gasteiger partial charge in [-0.05, 0) is 38.6 Å². The van der Waals surface area contributed by atoms with Crippen LogP contribution in [-0.2, 0) is 9.53 Å². The van der Waals surface area contributed by atoms with Gasteiger partial charge >= 0.3 is 0 Å². The van der Waals surface area contributed by atoms with Crippen LogP contribution >= 0.6 is 0 Å². The van der Waals surface area contributed by atoms with Gasteiger partial charge in [0.2, 0.25) is 5.91 Å². The van der Waals surface area contributed by atoms with E-state index in [2.05, 4.69) is 10.0 Å². The normalized spacial score (nSPS) is 20.1. The molecule has 6 nitrogen and oxygen atoms in total. The van der Waals surface area contributed by atoms with E-state index in [1.165, 1.54) is 0 Å². The fraction of sp³-hybridized carbons (Fsp3) is 0.917. The van der Waals surface area contributed by atoms with Crippen LogP contribution in [0.3, 0.4) is 0 Å². The van der Waals surface area contributed by atoms with Crippen LogP contribution in [0.1, 0.15) is 33.6 Å². The minimum absolute atomic E-state index is 0.126. The Kier molecular flexibility index (Phi) is 5.44. The molecule has 0 bridgehead atoms. The number of hydrogen-bond acceptors (Lipinski definition) is 3. The van der Waals surface area contributed by atoms with Gasteiger partial charge in [0, 0.05) is 37.6 Å². The average molecular weight is 254 g/mol. The molecular formula is C12H22N4O2. The van der Waals surface area contributed by atoms with Gasteiger partial charge in [0.15, 0.2) is 0 Å². The third-order valence-corrected chi connectivity index (χ3v) is 2.81. The van der Waals surface area contributed by atoms with E-state index in [9.17, 15) is 4.79 Å². The first-order chi connectivity index (χ1) is 8.42. The third kappa shape index (κ3) is 5.38. The Morgan fingerprint density at radius 3 is 2.89 bits per heavy atom. The lowest BCUT2D eigenvalue weighted by Gasteiger charge is -2.21. The van der Waals surface area contributed by atoms with Crippen molar-refractivity contribution in [2.75, 3.05) is 26.2 Å². The summed E-state index contributed by atoms with van der Waals surface area (Å²) < 4.78 is 5.61. The maximum absolute atomic E-state index is 11.7. The highest BCUT2D eigenvalue weighted by Gasteiger charge is 2.28. The molecule has 1 unspecified atom stereocenters. The largest absolute Gasteiger partial charge is 0.376 e. The van der Waals surface area contributed by atoms with E-state index in [1.807, 2.05) is 25.7 Å². The van der Waals surface area contributed by atoms with Crippen molar-refractivity contribution < 1.29 is 9.53 Å². The molecule has 6 heteroatoms. The standard InChI is InChI=1S/C12H22N4O2/c1-12(2,3)18-6-4-5-16-9-10(7-11(16)17)8-14-15-13/h10H,4-9H2,1-3H3. The highest BCUT2D eigenvalue weighted by atomic mass is 16.5. The van der Waals surface area contributed by atoms with Crippen LogP contribution < -0.4 is 0 Å². The van der Waals surface area contributed by atoms with Crippen molar-refractivity contribution in [2.24, 2.45) is 11.0 Å². The Bertz CT molecular complexity index is 331. The summed E-state index contributed by atoms with van der Waals surface area (Å²) in [5, 5.41) is 3.53. The first-order valence-corrected chi connectivity index (χ1v) is 6.35. The second kappa shape index (κ2) is 6.61. The van der Waals surface area contributed by atoms with Gasteiger partial charge in [0.05, 0.1) is 5.60 Å². The van der Waals surface area contributed by atoms with Gasteiger partial charge in [-0.25, -0.2) is 0 Å². The molecule has 0 aromatic carbocycles. The molecule has 1 aliphatic heterocycles. The Morgan fingerprint density at radius 1 is 1.56 bits per heavy atom. The summed E-state index contributed by atoms with van der Waals surface area (Å²) in [6.07, 6.45) is 1.34. The van der Waals surface area contributed by atoms with Crippen LogP contribution in [0.5, 0.6) is 0 Å². The number of ether oxygens (including phenoxy) is 1. The quantitative estimate of drug-likeness (QED) is 0.315. The lowest BCUT2D eigenvalue weighted by molar-refractivity contribution is -0.128. The van der Waals surface area contributed by atoms with E-state index in [0.29, 0.717) is 26.1 Å². The van der Waals surface area contributed by atoms with E-state index in [1.54, 1.807) is 0 Å². The molecule has 0 aliphatic carbocycles. The van der Waals surface area contributed by atoms with E-state index in [4.69, 9.17) is 10.3 Å². The molecule has 1 amide bonds. The molecule has 0 aromatic rings. The molecule has 0 N–H and O–H groups in total. The van der Waals surface area contributed by atoms with Crippen molar-refractivity contribution in [3.8, 4) is 0 Å². The summed E-state index contributed by atoms with van der Waals surface area (Å²) in [6, 6.07) is 0. The Balaban J connectivity index is 2.23. The number of nitrogens with zero attached hydrogens (tertiary/aromatic N) is 4. The summed E-state index contributed by atoms with van der Waals surface area (Å²) in [5.74, 6) is 0.334. The van der Waals surface area contributed by atoms with E-state index < -0.39 is 0 Å². The van der Waals surface area contributed by atoms with Crippen LogP contribution in [0, 0.1) is 5.92 Å². The molecule has 0 aromatic heterocycles. The molecule has 0 radical (unpaired) electrons. The van der Waals surface area contributed by atoms with Crippen molar-refractivity contribution in [1.82, 2.24) is 4.90 Å². The number of likely N-dealkylation sites (tertiary alicyclic amines) is 1. The number of carbonyl (C=O) groups is 1. The van der Waals surface area contributed by atoms with Gasteiger partial charge in [-0.3, -0.25) is 4.79 Å². The van der Waals surface area contributed by atoms with Gasteiger partial charge in [-0.15, -0.1) is 0 Å². The molecule has 1 aliphatic rings. The fourth-order valence-electron chi connectivity index (χ4n) is 1.98. The zero-order valence-electron chi connectivity index (χ0n) is 11.4. The Hall–Kier alpha value is -1.26. The number of amides is 1. The molecule has 1 rings (SSSR count). The van der Waals surface area contributed by atoms with Crippen LogP contribution in [0.2, 0.25) is 0 Å². The van der Waals surface area contributed by atoms with Gasteiger partial charge in [-0.2, -0.15) is 0 Å². The monoisotopic (exact) mass is 254 g/mol. The van der Waals surface area contributed by atoms with Crippen LogP contribution in [-0.4, -0.2) is 42.6 Å². The lowest BCUT2D eigenvalue weighted by Crippen LogP contribution is -2.28. The van der Waals surface area contributed by atoms with Gasteiger partial charge < -0.3 is 9.64 Å². The molecule has 18 heavy (non-hydrogen) atoms. The average Bonchev–Trinajstić information content (AvgIpc) is 2.61. The summed E-state index contributed by atoms with van der Waals surface area (Å²) in [5.41, 5.74) is 8.13. The first-order valence-electron chi connectivity index (χ1n) is 6.35. The van der Waals surface area contributed by atoms with Crippen LogP contribution in [0.25, 0.3) is 10.4 Å². The van der Waals surface area contributed by atoms with Gasteiger partial charge in [0.1, 0.15) is 0 Å². The molecule has 1 heterocycles. The maximum Gasteiger partial charge on any atom is 0.222 e. The second-order valence-corrected chi connectivity index (χ2v) is 5.64. The smallest absolute Gasteiger partial charge is 0.222 e. The number of azide groups is 1. The van der Waals surface area contributed by atoms with E-state index in [-0.39, 0.29) is 17.4 Å². The molecule has 102 valence electrons. The van der Waals surface area contributed by atoms with Crippen molar-refractivity contribution in [2.45, 2.75) is 39.2 Å². The molecule has 1 atom stereocenters. The molecule has 1 fully saturated rings. The third-order valence-electron chi connectivity index (χ3n) is 2.81. The highest BCUT2D eigenvalue weighted by Crippen LogP contribution is 2.18. The minimum Gasteiger partial charge on any atom is -0.376 e. The van der Waals surface area contributed by atoms with Crippen LogP contribution in [0.15, 0.2) is 5.11 Å². The van der Waals surface area contributed by atoms with Crippen LogP contribution in [0.4, 0.5) is 0 Å². The fourth-order valence-corrected chi connectivity index (χ4v) is 1.98. The second-order valence-electron chi connectivity index (χ2n) is 5.64. The number of hydrogen-bond donors (Lipinski definition) is 0. The van der Waals surface area contributed by atoms with Crippen molar-refractivity contribution in [1.29, 1.82) is 0 Å². The van der Waals surface area contributed by atoms with Gasteiger partial charge in [0.25, 0.3) is 0 Å². The van der Waals surface area contributed by atoms with E-state index in [0.717, 1.165) is 13.0 Å². The van der Waals surface area contributed by atoms with Crippen molar-refractivity contribution in [3.63, 3.8) is 0 Å². The van der Waals surface area contributed by atoms with Crippen molar-refractivity contribution in [3.05, 3.63) is 10.4 Å².